The first-order valence-corrected chi connectivity index (χ1v) is 8.34. The van der Waals surface area contributed by atoms with Gasteiger partial charge in [0.05, 0.1) is 7.11 Å². The SMILES string of the molecule is COc1ccc([C@]2(C)NC(=O)N(CC(=O)Nc3cc(C)ccn3)C2=O)cc1. The van der Waals surface area contributed by atoms with Crippen LogP contribution in [0.25, 0.3) is 0 Å². The van der Waals surface area contributed by atoms with E-state index >= 15 is 0 Å². The highest BCUT2D eigenvalue weighted by Gasteiger charge is 2.49. The lowest BCUT2D eigenvalue weighted by atomic mass is 9.92. The van der Waals surface area contributed by atoms with E-state index in [0.29, 0.717) is 17.1 Å². The number of ether oxygens (including phenoxy) is 1. The van der Waals surface area contributed by atoms with E-state index in [2.05, 4.69) is 15.6 Å². The lowest BCUT2D eigenvalue weighted by Crippen LogP contribution is -2.42. The summed E-state index contributed by atoms with van der Waals surface area (Å²) in [5, 5.41) is 5.26. The number of imide groups is 1. The molecule has 0 unspecified atom stereocenters. The third-order valence-electron chi connectivity index (χ3n) is 4.43. The number of pyridine rings is 1. The lowest BCUT2D eigenvalue weighted by molar-refractivity contribution is -0.133. The summed E-state index contributed by atoms with van der Waals surface area (Å²) < 4.78 is 5.11. The van der Waals surface area contributed by atoms with Crippen LogP contribution in [0.15, 0.2) is 42.6 Å². The summed E-state index contributed by atoms with van der Waals surface area (Å²) in [5.74, 6) is 0.00609. The van der Waals surface area contributed by atoms with Gasteiger partial charge < -0.3 is 15.4 Å². The molecule has 1 aromatic heterocycles. The molecular formula is C19H20N4O4. The van der Waals surface area contributed by atoms with Crippen molar-refractivity contribution in [2.75, 3.05) is 19.0 Å². The first-order chi connectivity index (χ1) is 12.8. The second-order valence-corrected chi connectivity index (χ2v) is 6.44. The Morgan fingerprint density at radius 2 is 1.96 bits per heavy atom. The first-order valence-electron chi connectivity index (χ1n) is 8.34. The molecule has 0 aliphatic carbocycles. The molecule has 4 amide bonds. The average molecular weight is 368 g/mol. The summed E-state index contributed by atoms with van der Waals surface area (Å²) in [6, 6.07) is 9.70. The first kappa shape index (κ1) is 18.4. The molecule has 27 heavy (non-hydrogen) atoms. The molecule has 1 atom stereocenters. The van der Waals surface area contributed by atoms with Crippen LogP contribution in [0.5, 0.6) is 5.75 Å². The van der Waals surface area contributed by atoms with Crippen molar-refractivity contribution in [3.8, 4) is 5.75 Å². The Hall–Kier alpha value is -3.42. The molecule has 1 aromatic carbocycles. The van der Waals surface area contributed by atoms with Crippen molar-refractivity contribution in [2.45, 2.75) is 19.4 Å². The number of hydrogen-bond donors (Lipinski definition) is 2. The van der Waals surface area contributed by atoms with Crippen LogP contribution < -0.4 is 15.4 Å². The van der Waals surface area contributed by atoms with Gasteiger partial charge in [-0.25, -0.2) is 9.78 Å². The van der Waals surface area contributed by atoms with E-state index in [1.807, 2.05) is 6.92 Å². The smallest absolute Gasteiger partial charge is 0.325 e. The van der Waals surface area contributed by atoms with Gasteiger partial charge in [-0.3, -0.25) is 14.5 Å². The second-order valence-electron chi connectivity index (χ2n) is 6.44. The van der Waals surface area contributed by atoms with Gasteiger partial charge in [0, 0.05) is 6.20 Å². The average Bonchev–Trinajstić information content (AvgIpc) is 2.86. The molecule has 3 rings (SSSR count). The molecule has 0 bridgehead atoms. The second kappa shape index (κ2) is 7.06. The number of urea groups is 1. The topological polar surface area (TPSA) is 101 Å². The van der Waals surface area contributed by atoms with Gasteiger partial charge in [0.2, 0.25) is 5.91 Å². The summed E-state index contributed by atoms with van der Waals surface area (Å²) >= 11 is 0. The Morgan fingerprint density at radius 1 is 1.26 bits per heavy atom. The number of methoxy groups -OCH3 is 1. The van der Waals surface area contributed by atoms with Crippen LogP contribution in [0, 0.1) is 6.92 Å². The van der Waals surface area contributed by atoms with Gasteiger partial charge in [-0.05, 0) is 49.2 Å². The standard InChI is InChI=1S/C19H20N4O4/c1-12-8-9-20-15(10-12)21-16(24)11-23-17(25)19(2,22-18(23)26)13-4-6-14(27-3)7-5-13/h4-10H,11H2,1-3H3,(H,22,26)(H,20,21,24)/t19-/m0/s1. The van der Waals surface area contributed by atoms with Crippen molar-refractivity contribution in [1.29, 1.82) is 0 Å². The number of hydrogen-bond acceptors (Lipinski definition) is 5. The van der Waals surface area contributed by atoms with Crippen molar-refractivity contribution in [2.24, 2.45) is 0 Å². The molecular weight excluding hydrogens is 348 g/mol. The Morgan fingerprint density at radius 3 is 2.59 bits per heavy atom. The monoisotopic (exact) mass is 368 g/mol. The number of benzene rings is 1. The van der Waals surface area contributed by atoms with Crippen LogP contribution in [0.4, 0.5) is 10.6 Å². The maximum absolute atomic E-state index is 12.9. The highest BCUT2D eigenvalue weighted by molar-refractivity contribution is 6.10. The van der Waals surface area contributed by atoms with E-state index in [0.717, 1.165) is 10.5 Å². The number of rotatable bonds is 5. The number of anilines is 1. The largest absolute Gasteiger partial charge is 0.497 e. The van der Waals surface area contributed by atoms with Gasteiger partial charge in [-0.15, -0.1) is 0 Å². The number of carbonyl (C=O) groups is 3. The third-order valence-corrected chi connectivity index (χ3v) is 4.43. The number of amides is 4. The van der Waals surface area contributed by atoms with Crippen molar-refractivity contribution in [1.82, 2.24) is 15.2 Å². The molecule has 1 saturated heterocycles. The Labute approximate surface area is 156 Å². The van der Waals surface area contributed by atoms with E-state index in [-0.39, 0.29) is 0 Å². The highest BCUT2D eigenvalue weighted by atomic mass is 16.5. The summed E-state index contributed by atoms with van der Waals surface area (Å²) in [6.45, 7) is 3.08. The Kier molecular flexibility index (Phi) is 4.81. The molecule has 2 N–H and O–H groups in total. The number of aryl methyl sites for hydroxylation is 1. The quantitative estimate of drug-likeness (QED) is 0.784. The van der Waals surface area contributed by atoms with Crippen LogP contribution >= 0.6 is 0 Å². The zero-order valence-electron chi connectivity index (χ0n) is 15.3. The van der Waals surface area contributed by atoms with Gasteiger partial charge in [0.15, 0.2) is 0 Å². The lowest BCUT2D eigenvalue weighted by Gasteiger charge is -2.22. The van der Waals surface area contributed by atoms with Crippen LogP contribution in [0.1, 0.15) is 18.1 Å². The van der Waals surface area contributed by atoms with Gasteiger partial charge in [0.25, 0.3) is 5.91 Å². The van der Waals surface area contributed by atoms with Crippen LogP contribution in [0.3, 0.4) is 0 Å². The van der Waals surface area contributed by atoms with Crippen LogP contribution in [-0.4, -0.2) is 41.4 Å². The maximum Gasteiger partial charge on any atom is 0.325 e. The number of nitrogens with one attached hydrogen (secondary N) is 2. The number of carbonyl (C=O) groups excluding carboxylic acids is 3. The predicted octanol–water partition coefficient (Wildman–Crippen LogP) is 1.80. The molecule has 1 aliphatic heterocycles. The zero-order chi connectivity index (χ0) is 19.6. The fourth-order valence-corrected chi connectivity index (χ4v) is 2.89. The van der Waals surface area contributed by atoms with Crippen LogP contribution in [0.2, 0.25) is 0 Å². The van der Waals surface area contributed by atoms with Gasteiger partial charge in [-0.1, -0.05) is 12.1 Å². The molecule has 0 radical (unpaired) electrons. The summed E-state index contributed by atoms with van der Waals surface area (Å²) in [5.41, 5.74) is 0.290. The predicted molar refractivity (Wildman–Crippen MR) is 98.2 cm³/mol. The van der Waals surface area contributed by atoms with Crippen molar-refractivity contribution < 1.29 is 19.1 Å². The molecule has 0 saturated carbocycles. The van der Waals surface area contributed by atoms with Crippen LogP contribution in [-0.2, 0) is 15.1 Å². The van der Waals surface area contributed by atoms with Crippen molar-refractivity contribution >= 4 is 23.7 Å². The van der Waals surface area contributed by atoms with Gasteiger partial charge in [0.1, 0.15) is 23.7 Å². The van der Waals surface area contributed by atoms with Gasteiger partial charge in [-0.2, -0.15) is 0 Å². The minimum Gasteiger partial charge on any atom is -0.497 e. The highest BCUT2D eigenvalue weighted by Crippen LogP contribution is 2.29. The fraction of sp³-hybridized carbons (Fsp3) is 0.263. The molecule has 8 heteroatoms. The summed E-state index contributed by atoms with van der Waals surface area (Å²) in [6.07, 6.45) is 1.57. The summed E-state index contributed by atoms with van der Waals surface area (Å²) in [4.78, 5) is 42.4. The van der Waals surface area contributed by atoms with E-state index in [1.165, 1.54) is 0 Å². The molecule has 1 fully saturated rings. The zero-order valence-corrected chi connectivity index (χ0v) is 15.3. The minimum atomic E-state index is -1.24. The minimum absolute atomic E-state index is 0.366. The Balaban J connectivity index is 1.74. The molecule has 2 aromatic rings. The van der Waals surface area contributed by atoms with Crippen molar-refractivity contribution in [3.63, 3.8) is 0 Å². The molecule has 0 spiro atoms. The molecule has 8 nitrogen and oxygen atoms in total. The summed E-state index contributed by atoms with van der Waals surface area (Å²) in [7, 11) is 1.54. The normalized spacial score (nSPS) is 19.0. The number of aromatic nitrogens is 1. The molecule has 1 aliphatic rings. The fourth-order valence-electron chi connectivity index (χ4n) is 2.89. The molecule has 2 heterocycles. The Bertz CT molecular complexity index is 897. The third kappa shape index (κ3) is 3.59. The van der Waals surface area contributed by atoms with E-state index in [4.69, 9.17) is 4.74 Å². The number of nitrogens with zero attached hydrogens (tertiary/aromatic N) is 2. The van der Waals surface area contributed by atoms with E-state index < -0.39 is 29.9 Å². The molecule has 140 valence electrons. The van der Waals surface area contributed by atoms with Crippen molar-refractivity contribution in [3.05, 3.63) is 53.7 Å². The maximum atomic E-state index is 12.9. The van der Waals surface area contributed by atoms with E-state index in [1.54, 1.807) is 56.6 Å². The van der Waals surface area contributed by atoms with E-state index in [9.17, 15) is 14.4 Å². The van der Waals surface area contributed by atoms with Gasteiger partial charge >= 0.3 is 6.03 Å².